The molecule has 0 unspecified atom stereocenters. The monoisotopic (exact) mass is 674 g/mol. The standard InChI is InChI=1S/C49H30N4/c1-2-14-31(15-3-1)52-44-24-12-13-25-45(44)53-46-29-28-41-40-22-10-11-23-43(40)51(48(41)47(46)50-49(52)53)32-26-27-39-37-20-7-6-18-35(37)33-16-4-5-17-34(33)36-19-8-9-21-38(36)42(39)30-32/h1-30H. The van der Waals surface area contributed by atoms with Crippen LogP contribution in [0.2, 0.25) is 0 Å². The van der Waals surface area contributed by atoms with Crippen molar-refractivity contribution in [3.8, 4) is 55.9 Å². The highest BCUT2D eigenvalue weighted by atomic mass is 15.2. The molecule has 3 heterocycles. The quantitative estimate of drug-likeness (QED) is 0.179. The fraction of sp³-hybridized carbons (Fsp3) is 0. The number of rotatable bonds is 2. The van der Waals surface area contributed by atoms with Crippen LogP contribution >= 0.6 is 0 Å². The second-order valence-corrected chi connectivity index (χ2v) is 14.0. The number of hydrogen-bond acceptors (Lipinski definition) is 1. The smallest absolute Gasteiger partial charge is 0.220 e. The molecule has 0 spiro atoms. The van der Waals surface area contributed by atoms with E-state index in [-0.39, 0.29) is 0 Å². The zero-order chi connectivity index (χ0) is 34.6. The minimum Gasteiger partial charge on any atom is -0.307 e. The van der Waals surface area contributed by atoms with E-state index in [2.05, 4.69) is 196 Å². The molecule has 12 rings (SSSR count). The summed E-state index contributed by atoms with van der Waals surface area (Å²) in [5, 5.41) is 2.40. The highest BCUT2D eigenvalue weighted by molar-refractivity contribution is 6.18. The lowest BCUT2D eigenvalue weighted by molar-refractivity contribution is 1.11. The summed E-state index contributed by atoms with van der Waals surface area (Å²) < 4.78 is 7.05. The maximum Gasteiger partial charge on any atom is 0.220 e. The average molecular weight is 675 g/mol. The highest BCUT2D eigenvalue weighted by Gasteiger charge is 2.25. The van der Waals surface area contributed by atoms with Crippen LogP contribution in [-0.2, 0) is 0 Å². The Morgan fingerprint density at radius 2 is 0.849 bits per heavy atom. The number of para-hydroxylation sites is 4. The van der Waals surface area contributed by atoms with Gasteiger partial charge in [0.25, 0.3) is 0 Å². The van der Waals surface area contributed by atoms with E-state index in [1.807, 2.05) is 0 Å². The zero-order valence-electron chi connectivity index (χ0n) is 28.6. The van der Waals surface area contributed by atoms with Crippen LogP contribution < -0.4 is 0 Å². The van der Waals surface area contributed by atoms with Crippen LogP contribution in [0.15, 0.2) is 182 Å². The number of nitrogens with zero attached hydrogens (tertiary/aromatic N) is 4. The van der Waals surface area contributed by atoms with Crippen molar-refractivity contribution in [3.05, 3.63) is 182 Å². The number of aromatic nitrogens is 4. The van der Waals surface area contributed by atoms with Crippen LogP contribution in [0.3, 0.4) is 0 Å². The summed E-state index contributed by atoms with van der Waals surface area (Å²) in [6.45, 7) is 0. The van der Waals surface area contributed by atoms with Crippen molar-refractivity contribution in [3.63, 3.8) is 0 Å². The van der Waals surface area contributed by atoms with Gasteiger partial charge in [0.2, 0.25) is 5.78 Å². The van der Waals surface area contributed by atoms with E-state index in [9.17, 15) is 0 Å². The summed E-state index contributed by atoms with van der Waals surface area (Å²) in [7, 11) is 0. The topological polar surface area (TPSA) is 27.2 Å². The van der Waals surface area contributed by atoms with E-state index < -0.39 is 0 Å². The van der Waals surface area contributed by atoms with Crippen molar-refractivity contribution in [2.24, 2.45) is 0 Å². The summed E-state index contributed by atoms with van der Waals surface area (Å²) in [5.74, 6) is 0.902. The molecule has 0 amide bonds. The maximum atomic E-state index is 5.55. The minimum atomic E-state index is 0.902. The van der Waals surface area contributed by atoms with Gasteiger partial charge in [-0.1, -0.05) is 127 Å². The van der Waals surface area contributed by atoms with Gasteiger partial charge in [-0.15, -0.1) is 0 Å². The van der Waals surface area contributed by atoms with Gasteiger partial charge in [-0.3, -0.25) is 8.97 Å². The molecule has 4 heteroatoms. The van der Waals surface area contributed by atoms with Gasteiger partial charge in [0.1, 0.15) is 5.52 Å². The van der Waals surface area contributed by atoms with Crippen LogP contribution in [-0.4, -0.2) is 18.5 Å². The maximum absolute atomic E-state index is 5.55. The second-order valence-electron chi connectivity index (χ2n) is 14.0. The molecule has 0 N–H and O–H groups in total. The van der Waals surface area contributed by atoms with Crippen molar-refractivity contribution < 1.29 is 0 Å². The highest BCUT2D eigenvalue weighted by Crippen LogP contribution is 2.48. The summed E-state index contributed by atoms with van der Waals surface area (Å²) in [4.78, 5) is 5.55. The first-order valence-electron chi connectivity index (χ1n) is 18.2. The van der Waals surface area contributed by atoms with E-state index in [1.54, 1.807) is 0 Å². The first-order valence-corrected chi connectivity index (χ1v) is 18.2. The van der Waals surface area contributed by atoms with Crippen LogP contribution in [0, 0.1) is 0 Å². The Balaban J connectivity index is 1.20. The molecule has 1 aliphatic carbocycles. The summed E-state index contributed by atoms with van der Waals surface area (Å²) in [6, 6.07) is 66.0. The third kappa shape index (κ3) is 3.87. The third-order valence-corrected chi connectivity index (χ3v) is 11.2. The lowest BCUT2D eigenvalue weighted by Gasteiger charge is -2.24. The molecule has 0 saturated carbocycles. The minimum absolute atomic E-state index is 0.902. The van der Waals surface area contributed by atoms with Gasteiger partial charge in [0.15, 0.2) is 0 Å². The van der Waals surface area contributed by atoms with E-state index >= 15 is 0 Å². The van der Waals surface area contributed by atoms with Crippen molar-refractivity contribution >= 4 is 49.7 Å². The summed E-state index contributed by atoms with van der Waals surface area (Å²) in [6.07, 6.45) is 0. The molecule has 0 bridgehead atoms. The normalized spacial score (nSPS) is 12.2. The lowest BCUT2D eigenvalue weighted by Crippen LogP contribution is -2.00. The van der Waals surface area contributed by atoms with Crippen LogP contribution in [0.5, 0.6) is 0 Å². The molecule has 4 nitrogen and oxygen atoms in total. The van der Waals surface area contributed by atoms with Gasteiger partial charge >= 0.3 is 0 Å². The van der Waals surface area contributed by atoms with Crippen LogP contribution in [0.4, 0.5) is 0 Å². The number of fused-ring (bicyclic) bond motifs is 17. The molecular formula is C49H30N4. The molecule has 3 aromatic heterocycles. The van der Waals surface area contributed by atoms with Gasteiger partial charge in [0, 0.05) is 22.1 Å². The van der Waals surface area contributed by atoms with Gasteiger partial charge in [-0.2, -0.15) is 0 Å². The molecule has 0 atom stereocenters. The van der Waals surface area contributed by atoms with E-state index in [0.717, 1.165) is 50.3 Å². The number of benzene rings is 8. The predicted octanol–water partition coefficient (Wildman–Crippen LogP) is 12.5. The molecule has 53 heavy (non-hydrogen) atoms. The Labute approximate surface area is 305 Å². The first-order chi connectivity index (χ1) is 26.3. The SMILES string of the molecule is c1ccc(-n2c3ccccc3n3c4ccc5c6ccccc6n(-c6ccc7c(c6)-c6ccccc6-c6ccccc6-c6ccccc6-7)c5c4nc23)cc1. The second kappa shape index (κ2) is 10.7. The fourth-order valence-corrected chi connectivity index (χ4v) is 9.00. The Morgan fingerprint density at radius 3 is 1.51 bits per heavy atom. The average Bonchev–Trinajstić information content (AvgIpc) is 3.87. The zero-order valence-corrected chi connectivity index (χ0v) is 28.6. The van der Waals surface area contributed by atoms with Crippen molar-refractivity contribution in [1.82, 2.24) is 18.5 Å². The van der Waals surface area contributed by atoms with Crippen molar-refractivity contribution in [1.29, 1.82) is 0 Å². The van der Waals surface area contributed by atoms with E-state index in [0.29, 0.717) is 0 Å². The molecular weight excluding hydrogens is 645 g/mol. The molecule has 8 aromatic carbocycles. The molecule has 0 saturated heterocycles. The van der Waals surface area contributed by atoms with Crippen LogP contribution in [0.25, 0.3) is 106 Å². The van der Waals surface area contributed by atoms with E-state index in [4.69, 9.17) is 4.98 Å². The fourth-order valence-electron chi connectivity index (χ4n) is 9.00. The number of hydrogen-bond donors (Lipinski definition) is 0. The van der Waals surface area contributed by atoms with Crippen LogP contribution in [0.1, 0.15) is 0 Å². The van der Waals surface area contributed by atoms with Gasteiger partial charge in [0.05, 0.1) is 27.6 Å². The molecule has 0 aliphatic heterocycles. The molecule has 0 radical (unpaired) electrons. The van der Waals surface area contributed by atoms with Crippen molar-refractivity contribution in [2.75, 3.05) is 0 Å². The molecule has 1 aliphatic rings. The van der Waals surface area contributed by atoms with Gasteiger partial charge < -0.3 is 4.57 Å². The summed E-state index contributed by atoms with van der Waals surface area (Å²) >= 11 is 0. The Morgan fingerprint density at radius 1 is 0.321 bits per heavy atom. The Bertz CT molecular complexity index is 3280. The van der Waals surface area contributed by atoms with E-state index in [1.165, 1.54) is 55.3 Å². The first kappa shape index (κ1) is 28.5. The third-order valence-electron chi connectivity index (χ3n) is 11.2. The Hall–Kier alpha value is -7.17. The molecule has 246 valence electrons. The summed E-state index contributed by atoms with van der Waals surface area (Å²) in [5.41, 5.74) is 18.7. The molecule has 11 aromatic rings. The predicted molar refractivity (Wildman–Crippen MR) is 219 cm³/mol. The molecule has 0 fully saturated rings. The van der Waals surface area contributed by atoms with Crippen molar-refractivity contribution in [2.45, 2.75) is 0 Å². The Kier molecular flexibility index (Phi) is 5.74. The van der Waals surface area contributed by atoms with Gasteiger partial charge in [-0.25, -0.2) is 4.98 Å². The number of imidazole rings is 2. The largest absolute Gasteiger partial charge is 0.307 e. The van der Waals surface area contributed by atoms with Gasteiger partial charge in [-0.05, 0) is 99.1 Å². The lowest BCUT2D eigenvalue weighted by atomic mass is 9.81.